The van der Waals surface area contributed by atoms with Gasteiger partial charge in [-0.1, -0.05) is 12.1 Å². The van der Waals surface area contributed by atoms with Gasteiger partial charge in [-0.3, -0.25) is 4.79 Å². The Hall–Kier alpha value is -2.83. The third-order valence-corrected chi connectivity index (χ3v) is 4.20. The van der Waals surface area contributed by atoms with E-state index in [-0.39, 0.29) is 12.0 Å². The van der Waals surface area contributed by atoms with E-state index in [9.17, 15) is 4.79 Å². The summed E-state index contributed by atoms with van der Waals surface area (Å²) in [6.07, 6.45) is 1.09. The van der Waals surface area contributed by atoms with Crippen LogP contribution >= 0.6 is 0 Å². The maximum absolute atomic E-state index is 12.5. The third-order valence-electron chi connectivity index (χ3n) is 4.20. The molecule has 26 heavy (non-hydrogen) atoms. The van der Waals surface area contributed by atoms with E-state index in [0.717, 1.165) is 17.7 Å². The van der Waals surface area contributed by atoms with Crippen molar-refractivity contribution in [2.45, 2.75) is 25.9 Å². The Morgan fingerprint density at radius 2 is 1.88 bits per heavy atom. The predicted molar refractivity (Wildman–Crippen MR) is 95.5 cm³/mol. The number of benzene rings is 1. The van der Waals surface area contributed by atoms with Crippen molar-refractivity contribution < 1.29 is 19.0 Å². The Morgan fingerprint density at radius 1 is 1.15 bits per heavy atom. The zero-order valence-corrected chi connectivity index (χ0v) is 15.1. The van der Waals surface area contributed by atoms with Gasteiger partial charge in [-0.2, -0.15) is 0 Å². The number of carbonyl (C=O) groups is 1. The normalized spacial score (nSPS) is 16.4. The lowest BCUT2D eigenvalue weighted by molar-refractivity contribution is -0.129. The van der Waals surface area contributed by atoms with Gasteiger partial charge >= 0.3 is 0 Å². The smallest absolute Gasteiger partial charge is 0.233 e. The molecule has 2 aromatic rings. The van der Waals surface area contributed by atoms with Crippen molar-refractivity contribution in [2.24, 2.45) is 0 Å². The van der Waals surface area contributed by atoms with E-state index < -0.39 is 0 Å². The maximum atomic E-state index is 12.5. The summed E-state index contributed by atoms with van der Waals surface area (Å²) in [5.74, 6) is 1.80. The molecule has 1 saturated heterocycles. The Bertz CT molecular complexity index is 719. The molecule has 1 aliphatic heterocycles. The fraction of sp³-hybridized carbons (Fsp3) is 0.421. The first-order chi connectivity index (χ1) is 12.7. The van der Waals surface area contributed by atoms with Crippen LogP contribution in [0.4, 0.5) is 0 Å². The van der Waals surface area contributed by atoms with Crippen molar-refractivity contribution in [3.05, 3.63) is 42.0 Å². The lowest BCUT2D eigenvalue weighted by Gasteiger charge is -2.17. The maximum Gasteiger partial charge on any atom is 0.233 e. The van der Waals surface area contributed by atoms with E-state index in [4.69, 9.17) is 14.2 Å². The zero-order chi connectivity index (χ0) is 18.4. The van der Waals surface area contributed by atoms with Crippen molar-refractivity contribution >= 4 is 5.91 Å². The number of ether oxygens (including phenoxy) is 3. The van der Waals surface area contributed by atoms with Crippen LogP contribution in [0.1, 0.15) is 18.9 Å². The zero-order valence-electron chi connectivity index (χ0n) is 15.1. The highest BCUT2D eigenvalue weighted by Gasteiger charge is 2.27. The Balaban J connectivity index is 1.50. The van der Waals surface area contributed by atoms with Crippen molar-refractivity contribution in [1.29, 1.82) is 0 Å². The fourth-order valence-electron chi connectivity index (χ4n) is 2.86. The third kappa shape index (κ3) is 4.62. The number of nitrogens with zero attached hydrogens (tertiary/aromatic N) is 3. The SMILES string of the molecule is CCOc1ccc(CC(=O)N2CCC(Oc3ccc(OC)nn3)C2)cc1. The van der Waals surface area contributed by atoms with Gasteiger partial charge in [-0.15, -0.1) is 10.2 Å². The molecular weight excluding hydrogens is 334 g/mol. The van der Waals surface area contributed by atoms with Gasteiger partial charge in [0.2, 0.25) is 17.7 Å². The first-order valence-corrected chi connectivity index (χ1v) is 8.72. The van der Waals surface area contributed by atoms with Gasteiger partial charge in [-0.05, 0) is 24.6 Å². The molecule has 1 amide bonds. The summed E-state index contributed by atoms with van der Waals surface area (Å²) in [6.45, 7) is 3.82. The van der Waals surface area contributed by atoms with Gasteiger partial charge in [0.25, 0.3) is 0 Å². The molecule has 1 atom stereocenters. The monoisotopic (exact) mass is 357 g/mol. The summed E-state index contributed by atoms with van der Waals surface area (Å²) in [6, 6.07) is 11.1. The Kier molecular flexibility index (Phi) is 5.88. The predicted octanol–water partition coefficient (Wildman–Crippen LogP) is 2.11. The molecule has 1 aromatic heterocycles. The number of amides is 1. The second-order valence-electron chi connectivity index (χ2n) is 6.04. The topological polar surface area (TPSA) is 73.8 Å². The van der Waals surface area contributed by atoms with Crippen LogP contribution in [0, 0.1) is 0 Å². The van der Waals surface area contributed by atoms with E-state index >= 15 is 0 Å². The minimum Gasteiger partial charge on any atom is -0.494 e. The molecule has 0 N–H and O–H groups in total. The Labute approximate surface area is 152 Å². The van der Waals surface area contributed by atoms with Gasteiger partial charge < -0.3 is 19.1 Å². The average molecular weight is 357 g/mol. The van der Waals surface area contributed by atoms with E-state index in [1.807, 2.05) is 36.1 Å². The van der Waals surface area contributed by atoms with Gasteiger partial charge in [-0.25, -0.2) is 0 Å². The minimum atomic E-state index is -0.0676. The van der Waals surface area contributed by atoms with E-state index in [2.05, 4.69) is 10.2 Å². The molecule has 0 saturated carbocycles. The summed E-state index contributed by atoms with van der Waals surface area (Å²) in [5.41, 5.74) is 0.976. The molecule has 138 valence electrons. The highest BCUT2D eigenvalue weighted by atomic mass is 16.5. The second kappa shape index (κ2) is 8.51. The lowest BCUT2D eigenvalue weighted by Crippen LogP contribution is -2.32. The molecule has 1 aliphatic rings. The van der Waals surface area contributed by atoms with Crippen LogP contribution in [0.25, 0.3) is 0 Å². The molecule has 1 aromatic carbocycles. The van der Waals surface area contributed by atoms with Crippen LogP contribution in [0.2, 0.25) is 0 Å². The summed E-state index contributed by atoms with van der Waals surface area (Å²) >= 11 is 0. The molecule has 1 fully saturated rings. The molecule has 7 heteroatoms. The summed E-state index contributed by atoms with van der Waals surface area (Å²) in [7, 11) is 1.54. The van der Waals surface area contributed by atoms with Crippen LogP contribution < -0.4 is 14.2 Å². The number of hydrogen-bond donors (Lipinski definition) is 0. The molecule has 0 bridgehead atoms. The first kappa shape index (κ1) is 18.0. The van der Waals surface area contributed by atoms with E-state index in [0.29, 0.717) is 37.9 Å². The quantitative estimate of drug-likeness (QED) is 0.756. The van der Waals surface area contributed by atoms with Crippen LogP contribution in [0.15, 0.2) is 36.4 Å². The molecule has 0 spiro atoms. The van der Waals surface area contributed by atoms with Gasteiger partial charge in [0, 0.05) is 25.1 Å². The number of carbonyl (C=O) groups excluding carboxylic acids is 1. The summed E-state index contributed by atoms with van der Waals surface area (Å²) in [4.78, 5) is 14.3. The van der Waals surface area contributed by atoms with E-state index in [1.165, 1.54) is 7.11 Å². The number of rotatable bonds is 7. The number of likely N-dealkylation sites (tertiary alicyclic amines) is 1. The van der Waals surface area contributed by atoms with Crippen molar-refractivity contribution in [2.75, 3.05) is 26.8 Å². The molecule has 0 aliphatic carbocycles. The molecule has 3 rings (SSSR count). The first-order valence-electron chi connectivity index (χ1n) is 8.72. The number of hydrogen-bond acceptors (Lipinski definition) is 6. The molecule has 7 nitrogen and oxygen atoms in total. The molecule has 2 heterocycles. The number of methoxy groups -OCH3 is 1. The second-order valence-corrected chi connectivity index (χ2v) is 6.04. The van der Waals surface area contributed by atoms with Gasteiger partial charge in [0.05, 0.1) is 26.7 Å². The van der Waals surface area contributed by atoms with Gasteiger partial charge in [0.1, 0.15) is 11.9 Å². The van der Waals surface area contributed by atoms with Crippen molar-refractivity contribution in [3.8, 4) is 17.5 Å². The van der Waals surface area contributed by atoms with Crippen LogP contribution in [0.5, 0.6) is 17.5 Å². The summed E-state index contributed by atoms with van der Waals surface area (Å²) in [5, 5.41) is 7.84. The van der Waals surface area contributed by atoms with Crippen molar-refractivity contribution in [1.82, 2.24) is 15.1 Å². The minimum absolute atomic E-state index is 0.0676. The van der Waals surface area contributed by atoms with Crippen LogP contribution in [-0.2, 0) is 11.2 Å². The highest BCUT2D eigenvalue weighted by Crippen LogP contribution is 2.19. The molecular formula is C19H23N3O4. The Morgan fingerprint density at radius 3 is 2.54 bits per heavy atom. The van der Waals surface area contributed by atoms with Crippen LogP contribution in [0.3, 0.4) is 0 Å². The van der Waals surface area contributed by atoms with Crippen molar-refractivity contribution in [3.63, 3.8) is 0 Å². The molecule has 0 radical (unpaired) electrons. The molecule has 1 unspecified atom stereocenters. The van der Waals surface area contributed by atoms with E-state index in [1.54, 1.807) is 12.1 Å². The lowest BCUT2D eigenvalue weighted by atomic mass is 10.1. The highest BCUT2D eigenvalue weighted by molar-refractivity contribution is 5.79. The standard InChI is InChI=1S/C19H23N3O4/c1-3-25-15-6-4-14(5-7-15)12-19(23)22-11-10-16(13-22)26-18-9-8-17(24-2)20-21-18/h4-9,16H,3,10-13H2,1-2H3. The largest absolute Gasteiger partial charge is 0.494 e. The fourth-order valence-corrected chi connectivity index (χ4v) is 2.86. The number of aromatic nitrogens is 2. The van der Waals surface area contributed by atoms with Crippen LogP contribution in [-0.4, -0.2) is 53.9 Å². The average Bonchev–Trinajstić information content (AvgIpc) is 3.13. The van der Waals surface area contributed by atoms with Gasteiger partial charge in [0.15, 0.2) is 0 Å². The summed E-state index contributed by atoms with van der Waals surface area (Å²) < 4.78 is 16.2.